The minimum atomic E-state index is 0.486. The normalized spacial score (nSPS) is 9.88. The van der Waals surface area contributed by atoms with Gasteiger partial charge in [-0.15, -0.1) is 0 Å². The average molecular weight is 221 g/mol. The molecule has 0 amide bonds. The summed E-state index contributed by atoms with van der Waals surface area (Å²) in [5.74, 6) is 1.56. The monoisotopic (exact) mass is 221 g/mol. The van der Waals surface area contributed by atoms with Crippen LogP contribution in [0.25, 0.3) is 0 Å². The fourth-order valence-corrected chi connectivity index (χ4v) is 1.43. The van der Waals surface area contributed by atoms with E-state index in [0.717, 1.165) is 30.2 Å². The lowest BCUT2D eigenvalue weighted by Crippen LogP contribution is -2.13. The SMILES string of the molecule is C=CCOc1c(CNCC)cccc1OC. The first-order valence-corrected chi connectivity index (χ1v) is 5.43. The lowest BCUT2D eigenvalue weighted by Gasteiger charge is -2.14. The Hall–Kier alpha value is -1.48. The molecule has 0 aliphatic heterocycles. The van der Waals surface area contributed by atoms with Crippen LogP contribution < -0.4 is 14.8 Å². The van der Waals surface area contributed by atoms with Crippen LogP contribution in [0.5, 0.6) is 11.5 Å². The van der Waals surface area contributed by atoms with Crippen molar-refractivity contribution in [3.63, 3.8) is 0 Å². The predicted octanol–water partition coefficient (Wildman–Crippen LogP) is 2.37. The van der Waals surface area contributed by atoms with E-state index in [-0.39, 0.29) is 0 Å². The highest BCUT2D eigenvalue weighted by molar-refractivity contribution is 5.46. The van der Waals surface area contributed by atoms with E-state index in [1.165, 1.54) is 0 Å². The molecule has 1 rings (SSSR count). The van der Waals surface area contributed by atoms with Crippen LogP contribution in [-0.2, 0) is 6.54 Å². The van der Waals surface area contributed by atoms with Gasteiger partial charge in [0, 0.05) is 12.1 Å². The number of benzene rings is 1. The van der Waals surface area contributed by atoms with Gasteiger partial charge in [0.1, 0.15) is 6.61 Å². The number of methoxy groups -OCH3 is 1. The number of hydrogen-bond donors (Lipinski definition) is 1. The first-order valence-electron chi connectivity index (χ1n) is 5.43. The van der Waals surface area contributed by atoms with E-state index in [1.807, 2.05) is 18.2 Å². The van der Waals surface area contributed by atoms with Gasteiger partial charge in [0.25, 0.3) is 0 Å². The number of rotatable bonds is 7. The van der Waals surface area contributed by atoms with E-state index in [9.17, 15) is 0 Å². The highest BCUT2D eigenvalue weighted by Gasteiger charge is 2.09. The molecule has 0 saturated carbocycles. The van der Waals surface area contributed by atoms with Crippen LogP contribution in [0, 0.1) is 0 Å². The third kappa shape index (κ3) is 3.28. The van der Waals surface area contributed by atoms with E-state index in [4.69, 9.17) is 9.47 Å². The summed E-state index contributed by atoms with van der Waals surface area (Å²) in [6.07, 6.45) is 1.73. The van der Waals surface area contributed by atoms with E-state index in [0.29, 0.717) is 6.61 Å². The van der Waals surface area contributed by atoms with E-state index < -0.39 is 0 Å². The Balaban J connectivity index is 2.90. The third-order valence-corrected chi connectivity index (χ3v) is 2.19. The molecule has 0 aromatic heterocycles. The lowest BCUT2D eigenvalue weighted by atomic mass is 10.2. The van der Waals surface area contributed by atoms with Crippen LogP contribution >= 0.6 is 0 Å². The molecule has 1 aromatic carbocycles. The molecule has 0 saturated heterocycles. The molecule has 0 atom stereocenters. The Morgan fingerprint density at radius 3 is 2.88 bits per heavy atom. The molecule has 1 aromatic rings. The zero-order valence-electron chi connectivity index (χ0n) is 9.95. The number of para-hydroxylation sites is 1. The van der Waals surface area contributed by atoms with Crippen LogP contribution in [-0.4, -0.2) is 20.3 Å². The molecule has 0 bridgehead atoms. The Morgan fingerprint density at radius 2 is 2.25 bits per heavy atom. The molecule has 0 spiro atoms. The summed E-state index contributed by atoms with van der Waals surface area (Å²) >= 11 is 0. The maximum atomic E-state index is 5.62. The highest BCUT2D eigenvalue weighted by atomic mass is 16.5. The molecule has 0 aliphatic carbocycles. The molecule has 0 aliphatic rings. The predicted molar refractivity (Wildman–Crippen MR) is 66.1 cm³/mol. The van der Waals surface area contributed by atoms with E-state index in [2.05, 4.69) is 18.8 Å². The summed E-state index contributed by atoms with van der Waals surface area (Å²) in [5, 5.41) is 3.27. The summed E-state index contributed by atoms with van der Waals surface area (Å²) in [4.78, 5) is 0. The van der Waals surface area contributed by atoms with Crippen molar-refractivity contribution in [3.8, 4) is 11.5 Å². The Labute approximate surface area is 97.1 Å². The summed E-state index contributed by atoms with van der Waals surface area (Å²) in [6.45, 7) is 7.91. The maximum absolute atomic E-state index is 5.62. The molecular weight excluding hydrogens is 202 g/mol. The summed E-state index contributed by atoms with van der Waals surface area (Å²) in [6, 6.07) is 5.89. The standard InChI is InChI=1S/C13H19NO2/c1-4-9-16-13-11(10-14-5-2)7-6-8-12(13)15-3/h4,6-8,14H,1,5,9-10H2,2-3H3. The quantitative estimate of drug-likeness (QED) is 0.717. The number of hydrogen-bond acceptors (Lipinski definition) is 3. The Morgan fingerprint density at radius 1 is 1.44 bits per heavy atom. The van der Waals surface area contributed by atoms with Gasteiger partial charge in [0.05, 0.1) is 7.11 Å². The second-order valence-electron chi connectivity index (χ2n) is 3.33. The second kappa shape index (κ2) is 6.90. The van der Waals surface area contributed by atoms with Crippen molar-refractivity contribution < 1.29 is 9.47 Å². The van der Waals surface area contributed by atoms with Crippen LogP contribution in [0.3, 0.4) is 0 Å². The van der Waals surface area contributed by atoms with Gasteiger partial charge in [-0.05, 0) is 12.6 Å². The van der Waals surface area contributed by atoms with Crippen molar-refractivity contribution in [2.75, 3.05) is 20.3 Å². The summed E-state index contributed by atoms with van der Waals surface area (Å²) < 4.78 is 10.9. The minimum absolute atomic E-state index is 0.486. The van der Waals surface area contributed by atoms with Crippen molar-refractivity contribution in [3.05, 3.63) is 36.4 Å². The molecular formula is C13H19NO2. The molecule has 0 heterocycles. The molecule has 3 heteroatoms. The van der Waals surface area contributed by atoms with E-state index >= 15 is 0 Å². The molecule has 88 valence electrons. The molecule has 3 nitrogen and oxygen atoms in total. The Kier molecular flexibility index (Phi) is 5.43. The third-order valence-electron chi connectivity index (χ3n) is 2.19. The van der Waals surface area contributed by atoms with Gasteiger partial charge in [-0.3, -0.25) is 0 Å². The van der Waals surface area contributed by atoms with Gasteiger partial charge >= 0.3 is 0 Å². The van der Waals surface area contributed by atoms with Gasteiger partial charge in [-0.2, -0.15) is 0 Å². The van der Waals surface area contributed by atoms with Crippen LogP contribution in [0.15, 0.2) is 30.9 Å². The molecule has 1 N–H and O–H groups in total. The highest BCUT2D eigenvalue weighted by Crippen LogP contribution is 2.30. The summed E-state index contributed by atoms with van der Waals surface area (Å²) in [5.41, 5.74) is 1.10. The zero-order chi connectivity index (χ0) is 11.8. The molecule has 16 heavy (non-hydrogen) atoms. The molecule has 0 radical (unpaired) electrons. The van der Waals surface area contributed by atoms with Crippen molar-refractivity contribution in [1.82, 2.24) is 5.32 Å². The van der Waals surface area contributed by atoms with Crippen LogP contribution in [0.2, 0.25) is 0 Å². The smallest absolute Gasteiger partial charge is 0.166 e. The van der Waals surface area contributed by atoms with Crippen LogP contribution in [0.4, 0.5) is 0 Å². The first-order chi connectivity index (χ1) is 7.83. The van der Waals surface area contributed by atoms with Gasteiger partial charge in [0.2, 0.25) is 0 Å². The lowest BCUT2D eigenvalue weighted by molar-refractivity contribution is 0.322. The summed E-state index contributed by atoms with van der Waals surface area (Å²) in [7, 11) is 1.65. The van der Waals surface area contributed by atoms with Gasteiger partial charge < -0.3 is 14.8 Å². The van der Waals surface area contributed by atoms with Crippen molar-refractivity contribution in [1.29, 1.82) is 0 Å². The number of nitrogens with one attached hydrogen (secondary N) is 1. The van der Waals surface area contributed by atoms with Crippen molar-refractivity contribution >= 4 is 0 Å². The fourth-order valence-electron chi connectivity index (χ4n) is 1.43. The topological polar surface area (TPSA) is 30.5 Å². The van der Waals surface area contributed by atoms with Gasteiger partial charge in [0.15, 0.2) is 11.5 Å². The minimum Gasteiger partial charge on any atom is -0.493 e. The van der Waals surface area contributed by atoms with Crippen molar-refractivity contribution in [2.24, 2.45) is 0 Å². The second-order valence-corrected chi connectivity index (χ2v) is 3.33. The molecule has 0 unspecified atom stereocenters. The largest absolute Gasteiger partial charge is 0.493 e. The van der Waals surface area contributed by atoms with Gasteiger partial charge in [-0.1, -0.05) is 31.7 Å². The molecule has 0 fully saturated rings. The number of ether oxygens (including phenoxy) is 2. The zero-order valence-corrected chi connectivity index (χ0v) is 9.95. The fraction of sp³-hybridized carbons (Fsp3) is 0.385. The first kappa shape index (κ1) is 12.6. The van der Waals surface area contributed by atoms with E-state index in [1.54, 1.807) is 13.2 Å². The van der Waals surface area contributed by atoms with Crippen LogP contribution in [0.1, 0.15) is 12.5 Å². The Bertz CT molecular complexity index is 337. The van der Waals surface area contributed by atoms with Gasteiger partial charge in [-0.25, -0.2) is 0 Å². The van der Waals surface area contributed by atoms with Crippen molar-refractivity contribution in [2.45, 2.75) is 13.5 Å². The maximum Gasteiger partial charge on any atom is 0.166 e. The average Bonchev–Trinajstić information content (AvgIpc) is 2.33.